The predicted molar refractivity (Wildman–Crippen MR) is 98.6 cm³/mol. The number of hydrogen-bond donors (Lipinski definition) is 1. The van der Waals surface area contributed by atoms with Crippen molar-refractivity contribution in [2.75, 3.05) is 32.6 Å². The molecule has 0 bridgehead atoms. The quantitative estimate of drug-likeness (QED) is 0.686. The van der Waals surface area contributed by atoms with E-state index in [1.54, 1.807) is 48.7 Å². The summed E-state index contributed by atoms with van der Waals surface area (Å²) in [7, 11) is 3.97. The minimum Gasteiger partial charge on any atom is -0.492 e. The van der Waals surface area contributed by atoms with E-state index in [1.165, 1.54) is 4.40 Å². The number of pyridine rings is 1. The molecule has 0 aliphatic heterocycles. The molecule has 136 valence electrons. The van der Waals surface area contributed by atoms with Gasteiger partial charge in [0, 0.05) is 18.4 Å². The molecule has 0 radical (unpaired) electrons. The second-order valence-electron chi connectivity index (χ2n) is 6.09. The van der Waals surface area contributed by atoms with Gasteiger partial charge in [0.25, 0.3) is 0 Å². The van der Waals surface area contributed by atoms with Gasteiger partial charge in [-0.2, -0.15) is 0 Å². The molecule has 8 heteroatoms. The largest absolute Gasteiger partial charge is 0.492 e. The van der Waals surface area contributed by atoms with Crippen molar-refractivity contribution in [1.82, 2.24) is 19.1 Å². The van der Waals surface area contributed by atoms with Crippen LogP contribution in [0.4, 0.5) is 5.69 Å². The Morgan fingerprint density at radius 3 is 2.65 bits per heavy atom. The molecule has 0 aliphatic carbocycles. The molecule has 0 spiro atoms. The first-order valence-electron chi connectivity index (χ1n) is 8.24. The molecular formula is C18H21N5O3. The number of hydrogen-bond acceptors (Lipinski definition) is 5. The summed E-state index contributed by atoms with van der Waals surface area (Å²) >= 11 is 0. The molecule has 1 amide bonds. The minimum atomic E-state index is -0.347. The van der Waals surface area contributed by atoms with Gasteiger partial charge in [-0.1, -0.05) is 6.07 Å². The molecule has 8 nitrogen and oxygen atoms in total. The lowest BCUT2D eigenvalue weighted by Crippen LogP contribution is -2.28. The molecule has 0 saturated carbocycles. The standard InChI is InChI=1S/C18H21N5O3/c1-21(2)11-12-26-15-8-6-14(7-9-15)19-17(24)13-23-18(25)22-10-4-3-5-16(22)20-23/h3-10H,11-13H2,1-2H3,(H,19,24). The van der Waals surface area contributed by atoms with Crippen molar-refractivity contribution >= 4 is 17.2 Å². The number of fused-ring (bicyclic) bond motifs is 1. The SMILES string of the molecule is CN(C)CCOc1ccc(NC(=O)Cn2nc3ccccn3c2=O)cc1. The number of rotatable bonds is 7. The second kappa shape index (κ2) is 7.83. The molecule has 0 fully saturated rings. The fourth-order valence-corrected chi connectivity index (χ4v) is 2.39. The average molecular weight is 355 g/mol. The summed E-state index contributed by atoms with van der Waals surface area (Å²) in [6.07, 6.45) is 1.62. The zero-order valence-electron chi connectivity index (χ0n) is 14.8. The van der Waals surface area contributed by atoms with Crippen LogP contribution < -0.4 is 15.7 Å². The van der Waals surface area contributed by atoms with E-state index in [2.05, 4.69) is 10.4 Å². The maximum atomic E-state index is 12.2. The lowest BCUT2D eigenvalue weighted by molar-refractivity contribution is -0.117. The lowest BCUT2D eigenvalue weighted by Gasteiger charge is -2.11. The highest BCUT2D eigenvalue weighted by Gasteiger charge is 2.10. The highest BCUT2D eigenvalue weighted by molar-refractivity contribution is 5.90. The van der Waals surface area contributed by atoms with Crippen LogP contribution in [0.3, 0.4) is 0 Å². The van der Waals surface area contributed by atoms with Gasteiger partial charge < -0.3 is 15.0 Å². The summed E-state index contributed by atoms with van der Waals surface area (Å²) in [6, 6.07) is 12.3. The third-order valence-corrected chi connectivity index (χ3v) is 3.73. The maximum Gasteiger partial charge on any atom is 0.350 e. The first-order valence-corrected chi connectivity index (χ1v) is 8.24. The number of likely N-dealkylation sites (N-methyl/N-ethyl adjacent to an activating group) is 1. The first kappa shape index (κ1) is 17.7. The summed E-state index contributed by atoms with van der Waals surface area (Å²) in [5.41, 5.74) is 0.789. The summed E-state index contributed by atoms with van der Waals surface area (Å²) in [6.45, 7) is 1.27. The molecule has 1 aromatic carbocycles. The zero-order chi connectivity index (χ0) is 18.5. The molecule has 0 saturated heterocycles. The van der Waals surface area contributed by atoms with Crippen molar-refractivity contribution in [3.05, 3.63) is 59.1 Å². The summed E-state index contributed by atoms with van der Waals surface area (Å²) in [5.74, 6) is 0.415. The second-order valence-corrected chi connectivity index (χ2v) is 6.09. The molecule has 2 heterocycles. The van der Waals surface area contributed by atoms with E-state index in [0.29, 0.717) is 17.9 Å². The Bertz CT molecular complexity index is 943. The number of benzene rings is 1. The van der Waals surface area contributed by atoms with Gasteiger partial charge in [0.1, 0.15) is 18.9 Å². The average Bonchev–Trinajstić information content (AvgIpc) is 2.92. The molecule has 0 atom stereocenters. The van der Waals surface area contributed by atoms with Gasteiger partial charge in [-0.3, -0.25) is 9.20 Å². The van der Waals surface area contributed by atoms with Gasteiger partial charge in [-0.15, -0.1) is 5.10 Å². The number of nitrogens with zero attached hydrogens (tertiary/aromatic N) is 4. The van der Waals surface area contributed by atoms with Crippen LogP contribution in [0.25, 0.3) is 5.65 Å². The molecule has 1 N–H and O–H groups in total. The number of nitrogens with one attached hydrogen (secondary N) is 1. The van der Waals surface area contributed by atoms with Crippen LogP contribution in [0.15, 0.2) is 53.5 Å². The summed E-state index contributed by atoms with van der Waals surface area (Å²) < 4.78 is 8.15. The van der Waals surface area contributed by atoms with Crippen molar-refractivity contribution in [2.24, 2.45) is 0 Å². The van der Waals surface area contributed by atoms with E-state index in [9.17, 15) is 9.59 Å². The molecule has 0 unspecified atom stereocenters. The fraction of sp³-hybridized carbons (Fsp3) is 0.278. The van der Waals surface area contributed by atoms with Gasteiger partial charge in [0.2, 0.25) is 5.91 Å². The summed E-state index contributed by atoms with van der Waals surface area (Å²) in [4.78, 5) is 26.4. The number of ether oxygens (including phenoxy) is 1. The third-order valence-electron chi connectivity index (χ3n) is 3.73. The molecule has 3 aromatic rings. The highest BCUT2D eigenvalue weighted by atomic mass is 16.5. The molecule has 3 rings (SSSR count). The number of carbonyl (C=O) groups excluding carboxylic acids is 1. The number of carbonyl (C=O) groups is 1. The van der Waals surface area contributed by atoms with Crippen LogP contribution >= 0.6 is 0 Å². The Balaban J connectivity index is 1.59. The van der Waals surface area contributed by atoms with Crippen molar-refractivity contribution < 1.29 is 9.53 Å². The van der Waals surface area contributed by atoms with Gasteiger partial charge in [-0.25, -0.2) is 9.48 Å². The molecule has 2 aromatic heterocycles. The van der Waals surface area contributed by atoms with Gasteiger partial charge in [-0.05, 0) is 50.5 Å². The molecule has 26 heavy (non-hydrogen) atoms. The normalized spacial score (nSPS) is 11.0. The topological polar surface area (TPSA) is 80.9 Å². The van der Waals surface area contributed by atoms with Crippen LogP contribution in [0, 0.1) is 0 Å². The third kappa shape index (κ3) is 4.28. The lowest BCUT2D eigenvalue weighted by atomic mass is 10.3. The van der Waals surface area contributed by atoms with E-state index in [0.717, 1.165) is 17.0 Å². The van der Waals surface area contributed by atoms with Crippen LogP contribution in [0.5, 0.6) is 5.75 Å². The van der Waals surface area contributed by atoms with Crippen LogP contribution in [-0.4, -0.2) is 52.2 Å². The Kier molecular flexibility index (Phi) is 5.33. The smallest absolute Gasteiger partial charge is 0.350 e. The van der Waals surface area contributed by atoms with E-state index < -0.39 is 0 Å². The molecule has 0 aliphatic rings. The number of anilines is 1. The van der Waals surface area contributed by atoms with E-state index >= 15 is 0 Å². The van der Waals surface area contributed by atoms with Gasteiger partial charge >= 0.3 is 5.69 Å². The van der Waals surface area contributed by atoms with Crippen LogP contribution in [0.2, 0.25) is 0 Å². The van der Waals surface area contributed by atoms with Gasteiger partial charge in [0.15, 0.2) is 5.65 Å². The Morgan fingerprint density at radius 2 is 1.96 bits per heavy atom. The fourth-order valence-electron chi connectivity index (χ4n) is 2.39. The van der Waals surface area contributed by atoms with Crippen molar-refractivity contribution in [3.8, 4) is 5.75 Å². The van der Waals surface area contributed by atoms with Crippen molar-refractivity contribution in [3.63, 3.8) is 0 Å². The molecular weight excluding hydrogens is 334 g/mol. The Morgan fingerprint density at radius 1 is 1.19 bits per heavy atom. The summed E-state index contributed by atoms with van der Waals surface area (Å²) in [5, 5.41) is 6.89. The zero-order valence-corrected chi connectivity index (χ0v) is 14.8. The first-order chi connectivity index (χ1) is 12.5. The maximum absolute atomic E-state index is 12.2. The Labute approximate surface area is 150 Å². The van der Waals surface area contributed by atoms with E-state index in [-0.39, 0.29) is 18.1 Å². The van der Waals surface area contributed by atoms with E-state index in [1.807, 2.05) is 19.0 Å². The van der Waals surface area contributed by atoms with Gasteiger partial charge in [0.05, 0.1) is 0 Å². The van der Waals surface area contributed by atoms with Crippen molar-refractivity contribution in [2.45, 2.75) is 6.54 Å². The van der Waals surface area contributed by atoms with Crippen LogP contribution in [0.1, 0.15) is 0 Å². The number of amides is 1. The predicted octanol–water partition coefficient (Wildman–Crippen LogP) is 1.08. The number of aromatic nitrogens is 3. The van der Waals surface area contributed by atoms with Crippen LogP contribution in [-0.2, 0) is 11.3 Å². The van der Waals surface area contributed by atoms with Crippen molar-refractivity contribution in [1.29, 1.82) is 0 Å². The van der Waals surface area contributed by atoms with E-state index in [4.69, 9.17) is 4.74 Å². The highest BCUT2D eigenvalue weighted by Crippen LogP contribution is 2.15. The Hall–Kier alpha value is -3.13. The minimum absolute atomic E-state index is 0.151. The monoisotopic (exact) mass is 355 g/mol.